The van der Waals surface area contributed by atoms with E-state index in [9.17, 15) is 4.79 Å². The van der Waals surface area contributed by atoms with Crippen LogP contribution in [0.25, 0.3) is 0 Å². The lowest BCUT2D eigenvalue weighted by Gasteiger charge is -2.11. The zero-order valence-electron chi connectivity index (χ0n) is 11.6. The van der Waals surface area contributed by atoms with Crippen LogP contribution in [0.15, 0.2) is 42.5 Å². The summed E-state index contributed by atoms with van der Waals surface area (Å²) in [4.78, 5) is 12.1. The van der Waals surface area contributed by atoms with E-state index in [-0.39, 0.29) is 12.2 Å². The van der Waals surface area contributed by atoms with E-state index < -0.39 is 5.97 Å². The molecule has 0 atom stereocenters. The van der Waals surface area contributed by atoms with E-state index in [4.69, 9.17) is 15.2 Å². The SMILES string of the molecule is COc1cccc(N)c1C(=O)OCc1ccc(C)cc1. The molecule has 2 aromatic carbocycles. The molecule has 0 aliphatic carbocycles. The van der Waals surface area contributed by atoms with E-state index in [0.717, 1.165) is 11.1 Å². The number of ether oxygens (including phenoxy) is 2. The van der Waals surface area contributed by atoms with E-state index in [1.165, 1.54) is 7.11 Å². The van der Waals surface area contributed by atoms with E-state index in [0.29, 0.717) is 11.4 Å². The first kappa shape index (κ1) is 13.9. The molecule has 2 aromatic rings. The maximum Gasteiger partial charge on any atom is 0.344 e. The largest absolute Gasteiger partial charge is 0.496 e. The van der Waals surface area contributed by atoms with Gasteiger partial charge in [0.15, 0.2) is 0 Å². The second-order valence-corrected chi connectivity index (χ2v) is 4.49. The van der Waals surface area contributed by atoms with Gasteiger partial charge in [-0.2, -0.15) is 0 Å². The van der Waals surface area contributed by atoms with Crippen LogP contribution in [0.2, 0.25) is 0 Å². The molecule has 104 valence electrons. The Kier molecular flexibility index (Phi) is 4.25. The fourth-order valence-electron chi connectivity index (χ4n) is 1.84. The van der Waals surface area contributed by atoms with Crippen molar-refractivity contribution in [3.63, 3.8) is 0 Å². The molecule has 0 aromatic heterocycles. The van der Waals surface area contributed by atoms with Crippen LogP contribution in [0.5, 0.6) is 5.75 Å². The normalized spacial score (nSPS) is 10.1. The van der Waals surface area contributed by atoms with Gasteiger partial charge in [0, 0.05) is 5.69 Å². The number of nitrogen functional groups attached to an aromatic ring is 1. The number of rotatable bonds is 4. The van der Waals surface area contributed by atoms with E-state index in [1.54, 1.807) is 18.2 Å². The minimum absolute atomic E-state index is 0.205. The molecule has 0 spiro atoms. The van der Waals surface area contributed by atoms with E-state index in [2.05, 4.69) is 0 Å². The summed E-state index contributed by atoms with van der Waals surface area (Å²) < 4.78 is 10.4. The van der Waals surface area contributed by atoms with Crippen LogP contribution < -0.4 is 10.5 Å². The standard InChI is InChI=1S/C16H17NO3/c1-11-6-8-12(9-7-11)10-20-16(18)15-13(17)4-3-5-14(15)19-2/h3-9H,10,17H2,1-2H3. The fourth-order valence-corrected chi connectivity index (χ4v) is 1.84. The van der Waals surface area contributed by atoms with Gasteiger partial charge in [-0.3, -0.25) is 0 Å². The summed E-state index contributed by atoms with van der Waals surface area (Å²) in [6.07, 6.45) is 0. The number of esters is 1. The van der Waals surface area contributed by atoms with Crippen molar-refractivity contribution < 1.29 is 14.3 Å². The van der Waals surface area contributed by atoms with Gasteiger partial charge in [-0.15, -0.1) is 0 Å². The smallest absolute Gasteiger partial charge is 0.344 e. The van der Waals surface area contributed by atoms with Gasteiger partial charge in [0.2, 0.25) is 0 Å². The molecule has 4 nitrogen and oxygen atoms in total. The van der Waals surface area contributed by atoms with Gasteiger partial charge < -0.3 is 15.2 Å². The van der Waals surface area contributed by atoms with Crippen LogP contribution in [0.1, 0.15) is 21.5 Å². The van der Waals surface area contributed by atoms with Gasteiger partial charge in [-0.05, 0) is 24.6 Å². The van der Waals surface area contributed by atoms with Gasteiger partial charge in [-0.1, -0.05) is 35.9 Å². The van der Waals surface area contributed by atoms with Gasteiger partial charge in [0.25, 0.3) is 0 Å². The van der Waals surface area contributed by atoms with Crippen molar-refractivity contribution in [2.24, 2.45) is 0 Å². The molecular formula is C16H17NO3. The Labute approximate surface area is 118 Å². The predicted octanol–water partition coefficient (Wildman–Crippen LogP) is 2.94. The summed E-state index contributed by atoms with van der Waals surface area (Å²) >= 11 is 0. The quantitative estimate of drug-likeness (QED) is 0.686. The topological polar surface area (TPSA) is 61.5 Å². The Bertz CT molecular complexity index is 606. The molecule has 0 radical (unpaired) electrons. The van der Waals surface area contributed by atoms with Crippen molar-refractivity contribution in [2.45, 2.75) is 13.5 Å². The Balaban J connectivity index is 2.11. The summed E-state index contributed by atoms with van der Waals surface area (Å²) in [5.74, 6) is -0.0700. The second-order valence-electron chi connectivity index (χ2n) is 4.49. The average Bonchev–Trinajstić information content (AvgIpc) is 2.46. The highest BCUT2D eigenvalue weighted by Crippen LogP contribution is 2.25. The Hall–Kier alpha value is -2.49. The molecule has 2 N–H and O–H groups in total. The third kappa shape index (κ3) is 3.09. The third-order valence-electron chi connectivity index (χ3n) is 2.97. The number of aryl methyl sites for hydroxylation is 1. The zero-order chi connectivity index (χ0) is 14.5. The average molecular weight is 271 g/mol. The maximum absolute atomic E-state index is 12.1. The summed E-state index contributed by atoms with van der Waals surface area (Å²) in [6.45, 7) is 2.21. The molecule has 0 aliphatic heterocycles. The lowest BCUT2D eigenvalue weighted by atomic mass is 10.1. The van der Waals surface area contributed by atoms with Crippen molar-refractivity contribution in [3.8, 4) is 5.75 Å². The lowest BCUT2D eigenvalue weighted by molar-refractivity contribution is 0.0470. The Morgan fingerprint density at radius 2 is 1.85 bits per heavy atom. The van der Waals surface area contributed by atoms with Crippen molar-refractivity contribution in [3.05, 3.63) is 59.2 Å². The molecule has 2 rings (SSSR count). The highest BCUT2D eigenvalue weighted by atomic mass is 16.5. The van der Waals surface area contributed by atoms with Crippen LogP contribution >= 0.6 is 0 Å². The first-order chi connectivity index (χ1) is 9.61. The van der Waals surface area contributed by atoms with E-state index in [1.807, 2.05) is 31.2 Å². The van der Waals surface area contributed by atoms with Crippen molar-refractivity contribution >= 4 is 11.7 Å². The van der Waals surface area contributed by atoms with Crippen LogP contribution in [-0.2, 0) is 11.3 Å². The minimum atomic E-state index is -0.486. The molecule has 0 aliphatic rings. The van der Waals surface area contributed by atoms with Gasteiger partial charge in [-0.25, -0.2) is 4.79 Å². The summed E-state index contributed by atoms with van der Waals surface area (Å²) in [7, 11) is 1.49. The maximum atomic E-state index is 12.1. The first-order valence-electron chi connectivity index (χ1n) is 6.27. The summed E-state index contributed by atoms with van der Waals surface area (Å²) in [6, 6.07) is 12.8. The minimum Gasteiger partial charge on any atom is -0.496 e. The Morgan fingerprint density at radius 1 is 1.15 bits per heavy atom. The predicted molar refractivity (Wildman–Crippen MR) is 77.7 cm³/mol. The number of anilines is 1. The number of hydrogen-bond acceptors (Lipinski definition) is 4. The molecule has 0 saturated heterocycles. The summed E-state index contributed by atoms with van der Waals surface area (Å²) in [5, 5.41) is 0. The molecular weight excluding hydrogens is 254 g/mol. The number of benzene rings is 2. The Morgan fingerprint density at radius 3 is 2.50 bits per heavy atom. The molecule has 0 bridgehead atoms. The molecule has 4 heteroatoms. The van der Waals surface area contributed by atoms with Crippen LogP contribution in [0.3, 0.4) is 0 Å². The second kappa shape index (κ2) is 6.10. The van der Waals surface area contributed by atoms with Crippen LogP contribution in [0, 0.1) is 6.92 Å². The molecule has 0 amide bonds. The molecule has 0 heterocycles. The van der Waals surface area contributed by atoms with Gasteiger partial charge in [0.1, 0.15) is 17.9 Å². The number of hydrogen-bond donors (Lipinski definition) is 1. The molecule has 0 unspecified atom stereocenters. The van der Waals surface area contributed by atoms with Crippen molar-refractivity contribution in [1.29, 1.82) is 0 Å². The third-order valence-corrected chi connectivity index (χ3v) is 2.97. The number of carbonyl (C=O) groups excluding carboxylic acids is 1. The van der Waals surface area contributed by atoms with Gasteiger partial charge >= 0.3 is 5.97 Å². The van der Waals surface area contributed by atoms with Crippen molar-refractivity contribution in [1.82, 2.24) is 0 Å². The highest BCUT2D eigenvalue weighted by molar-refractivity contribution is 5.98. The van der Waals surface area contributed by atoms with Crippen LogP contribution in [0.4, 0.5) is 5.69 Å². The number of carbonyl (C=O) groups is 1. The molecule has 0 fully saturated rings. The summed E-state index contributed by atoms with van der Waals surface area (Å²) in [5.41, 5.74) is 8.51. The van der Waals surface area contributed by atoms with Gasteiger partial charge in [0.05, 0.1) is 7.11 Å². The monoisotopic (exact) mass is 271 g/mol. The van der Waals surface area contributed by atoms with Crippen LogP contribution in [-0.4, -0.2) is 13.1 Å². The highest BCUT2D eigenvalue weighted by Gasteiger charge is 2.17. The number of methoxy groups -OCH3 is 1. The van der Waals surface area contributed by atoms with E-state index >= 15 is 0 Å². The molecule has 20 heavy (non-hydrogen) atoms. The first-order valence-corrected chi connectivity index (χ1v) is 6.27. The van der Waals surface area contributed by atoms with Crippen molar-refractivity contribution in [2.75, 3.05) is 12.8 Å². The molecule has 0 saturated carbocycles. The number of nitrogens with two attached hydrogens (primary N) is 1. The zero-order valence-corrected chi connectivity index (χ0v) is 11.6. The fraction of sp³-hybridized carbons (Fsp3) is 0.188. The lowest BCUT2D eigenvalue weighted by Crippen LogP contribution is -2.10.